The molecule has 11 heteroatoms. The molecule has 10 nitrogen and oxygen atoms in total. The van der Waals surface area contributed by atoms with Crippen molar-refractivity contribution in [3.63, 3.8) is 0 Å². The summed E-state index contributed by atoms with van der Waals surface area (Å²) in [4.78, 5) is 27.6. The van der Waals surface area contributed by atoms with E-state index in [9.17, 15) is 14.7 Å². The van der Waals surface area contributed by atoms with Gasteiger partial charge in [0.15, 0.2) is 11.4 Å². The van der Waals surface area contributed by atoms with Gasteiger partial charge in [0.05, 0.1) is 18.8 Å². The number of carbonyl (C=O) groups excluding carboxylic acids is 2. The van der Waals surface area contributed by atoms with Gasteiger partial charge in [0, 0.05) is 55.7 Å². The average Bonchev–Trinajstić information content (AvgIpc) is 3.36. The molecule has 0 spiro atoms. The van der Waals surface area contributed by atoms with Gasteiger partial charge in [-0.2, -0.15) is 0 Å². The Kier molecular flexibility index (Phi) is 9.91. The highest BCUT2D eigenvalue weighted by Gasteiger charge is 2.32. The van der Waals surface area contributed by atoms with Crippen LogP contribution >= 0.6 is 11.8 Å². The molecule has 3 aromatic rings. The summed E-state index contributed by atoms with van der Waals surface area (Å²) >= 11 is 1.63. The minimum atomic E-state index is -0.597. The van der Waals surface area contributed by atoms with Crippen molar-refractivity contribution in [1.29, 1.82) is 0 Å². The van der Waals surface area contributed by atoms with Crippen LogP contribution in [0, 0.1) is 0 Å². The van der Waals surface area contributed by atoms with Crippen LogP contribution in [0.2, 0.25) is 0 Å². The third kappa shape index (κ3) is 7.65. The van der Waals surface area contributed by atoms with Crippen LogP contribution < -0.4 is 10.8 Å². The van der Waals surface area contributed by atoms with Gasteiger partial charge in [0.1, 0.15) is 0 Å². The fourth-order valence-electron chi connectivity index (χ4n) is 4.09. The number of imidazole rings is 1. The number of hydrogen-bond donors (Lipinski definition) is 4. The van der Waals surface area contributed by atoms with E-state index in [0.717, 1.165) is 21.8 Å². The van der Waals surface area contributed by atoms with Gasteiger partial charge in [0.2, 0.25) is 11.8 Å². The van der Waals surface area contributed by atoms with Gasteiger partial charge in [-0.25, -0.2) is 10.5 Å². The fraction of sp³-hybridized carbons (Fsp3) is 0.370. The number of ether oxygens (including phenoxy) is 2. The highest BCUT2D eigenvalue weighted by atomic mass is 32.2. The number of benzene rings is 2. The minimum absolute atomic E-state index is 0.0126. The van der Waals surface area contributed by atoms with Crippen LogP contribution in [-0.4, -0.2) is 43.5 Å². The average molecular weight is 541 g/mol. The lowest BCUT2D eigenvalue weighted by atomic mass is 10.0. The number of anilines is 1. The molecular formula is C27H32N4O6S. The summed E-state index contributed by atoms with van der Waals surface area (Å²) in [5.41, 5.74) is 4.86. The molecule has 0 radical (unpaired) electrons. The van der Waals surface area contributed by atoms with Crippen molar-refractivity contribution in [3.05, 3.63) is 77.6 Å². The molecule has 0 unspecified atom stereocenters. The molecule has 2 heterocycles. The molecule has 1 aliphatic heterocycles. The lowest BCUT2D eigenvalue weighted by Crippen LogP contribution is -2.31. The summed E-state index contributed by atoms with van der Waals surface area (Å²) in [6.45, 7) is -0.0126. The molecule has 0 saturated carbocycles. The zero-order valence-electron chi connectivity index (χ0n) is 21.1. The van der Waals surface area contributed by atoms with E-state index in [1.807, 2.05) is 54.2 Å². The first-order valence-electron chi connectivity index (χ1n) is 12.4. The Morgan fingerprint density at radius 1 is 1.05 bits per heavy atom. The van der Waals surface area contributed by atoms with Crippen LogP contribution in [0.15, 0.2) is 66.1 Å². The third-order valence-corrected chi connectivity index (χ3v) is 7.38. The summed E-state index contributed by atoms with van der Waals surface area (Å²) in [5.74, 6) is -0.0291. The SMILES string of the molecule is Cn1ccnc1SC[C@@H]1C[C@H](c2ccc(CO)cc2)O[C@H](c2ccc(NC(=O)CCCC(=O)NO)cc2)O1. The lowest BCUT2D eigenvalue weighted by molar-refractivity contribution is -0.245. The standard InChI is InChI=1S/C27H32N4O6S/c1-31-14-13-28-27(31)38-17-22-15-23(19-7-5-18(16-32)6-8-19)37-26(36-22)20-9-11-21(12-10-20)29-24(33)3-2-4-25(34)30-35/h5-14,22-23,26,32,35H,2-4,15-17H2,1H3,(H,29,33)(H,30,34)/t22-,23+,26+/m0/s1. The Hall–Kier alpha value is -3.22. The molecule has 38 heavy (non-hydrogen) atoms. The van der Waals surface area contributed by atoms with Crippen molar-refractivity contribution in [2.75, 3.05) is 11.1 Å². The quantitative estimate of drug-likeness (QED) is 0.164. The largest absolute Gasteiger partial charge is 0.392 e. The molecule has 202 valence electrons. The zero-order chi connectivity index (χ0) is 26.9. The Morgan fingerprint density at radius 2 is 1.76 bits per heavy atom. The van der Waals surface area contributed by atoms with Gasteiger partial charge in [-0.05, 0) is 29.7 Å². The summed E-state index contributed by atoms with van der Waals surface area (Å²) in [7, 11) is 1.96. The Morgan fingerprint density at radius 3 is 2.42 bits per heavy atom. The second-order valence-corrected chi connectivity index (χ2v) is 10.0. The molecule has 4 rings (SSSR count). The van der Waals surface area contributed by atoms with Gasteiger partial charge in [0.25, 0.3) is 0 Å². The molecule has 3 atom stereocenters. The van der Waals surface area contributed by atoms with Gasteiger partial charge >= 0.3 is 0 Å². The van der Waals surface area contributed by atoms with E-state index in [0.29, 0.717) is 24.3 Å². The van der Waals surface area contributed by atoms with Crippen molar-refractivity contribution < 1.29 is 29.4 Å². The molecule has 4 N–H and O–H groups in total. The number of aromatic nitrogens is 2. The number of amides is 2. The monoisotopic (exact) mass is 540 g/mol. The van der Waals surface area contributed by atoms with Crippen LogP contribution in [0.25, 0.3) is 0 Å². The van der Waals surface area contributed by atoms with Crippen molar-refractivity contribution in [2.45, 2.75) is 55.9 Å². The van der Waals surface area contributed by atoms with Crippen LogP contribution in [0.5, 0.6) is 0 Å². The maximum Gasteiger partial charge on any atom is 0.243 e. The topological polar surface area (TPSA) is 135 Å². The molecule has 1 saturated heterocycles. The number of nitrogens with one attached hydrogen (secondary N) is 2. The van der Waals surface area contributed by atoms with E-state index in [1.165, 1.54) is 0 Å². The maximum absolute atomic E-state index is 12.2. The van der Waals surface area contributed by atoms with Gasteiger partial charge in [-0.15, -0.1) is 0 Å². The van der Waals surface area contributed by atoms with E-state index in [4.69, 9.17) is 14.7 Å². The first-order valence-corrected chi connectivity index (χ1v) is 13.4. The Labute approximate surface area is 225 Å². The fourth-order valence-corrected chi connectivity index (χ4v) is 5.04. The summed E-state index contributed by atoms with van der Waals surface area (Å²) in [6, 6.07) is 15.0. The summed E-state index contributed by atoms with van der Waals surface area (Å²) < 4.78 is 14.7. The number of hydroxylamine groups is 1. The Bertz CT molecular complexity index is 1200. The summed E-state index contributed by atoms with van der Waals surface area (Å²) in [6.07, 6.45) is 4.05. The first-order chi connectivity index (χ1) is 18.4. The molecule has 0 bridgehead atoms. The number of thioether (sulfide) groups is 1. The smallest absolute Gasteiger partial charge is 0.243 e. The lowest BCUT2D eigenvalue weighted by Gasteiger charge is -2.36. The van der Waals surface area contributed by atoms with Crippen LogP contribution in [0.4, 0.5) is 5.69 Å². The molecule has 2 amide bonds. The number of aliphatic hydroxyl groups is 1. The highest BCUT2D eigenvalue weighted by molar-refractivity contribution is 7.99. The second kappa shape index (κ2) is 13.5. The second-order valence-electron chi connectivity index (χ2n) is 9.04. The van der Waals surface area contributed by atoms with E-state index in [2.05, 4.69) is 10.3 Å². The molecule has 1 fully saturated rings. The molecule has 0 aliphatic carbocycles. The molecule has 1 aromatic heterocycles. The van der Waals surface area contributed by atoms with Crippen molar-refractivity contribution in [2.24, 2.45) is 7.05 Å². The van der Waals surface area contributed by atoms with E-state index >= 15 is 0 Å². The first kappa shape index (κ1) is 27.8. The van der Waals surface area contributed by atoms with Gasteiger partial charge in [-0.1, -0.05) is 48.2 Å². The van der Waals surface area contributed by atoms with E-state index < -0.39 is 12.2 Å². The van der Waals surface area contributed by atoms with Crippen molar-refractivity contribution in [1.82, 2.24) is 15.0 Å². The highest BCUT2D eigenvalue weighted by Crippen LogP contribution is 2.39. The number of nitrogens with zero attached hydrogens (tertiary/aromatic N) is 2. The molecular weight excluding hydrogens is 508 g/mol. The number of carbonyl (C=O) groups is 2. The van der Waals surface area contributed by atoms with E-state index in [1.54, 1.807) is 35.6 Å². The number of aryl methyl sites for hydroxylation is 1. The van der Waals surface area contributed by atoms with Gasteiger partial charge in [-0.3, -0.25) is 14.8 Å². The summed E-state index contributed by atoms with van der Waals surface area (Å²) in [5, 5.41) is 21.7. The number of aliphatic hydroxyl groups excluding tert-OH is 1. The number of hydrogen-bond acceptors (Lipinski definition) is 8. The predicted octanol–water partition coefficient (Wildman–Crippen LogP) is 3.86. The number of rotatable bonds is 11. The maximum atomic E-state index is 12.2. The predicted molar refractivity (Wildman–Crippen MR) is 141 cm³/mol. The Balaban J connectivity index is 1.42. The van der Waals surface area contributed by atoms with Crippen molar-refractivity contribution in [3.8, 4) is 0 Å². The third-order valence-electron chi connectivity index (χ3n) is 6.19. The van der Waals surface area contributed by atoms with Crippen LogP contribution in [0.3, 0.4) is 0 Å². The van der Waals surface area contributed by atoms with Crippen LogP contribution in [-0.2, 0) is 32.7 Å². The zero-order valence-corrected chi connectivity index (χ0v) is 21.9. The molecule has 1 aliphatic rings. The van der Waals surface area contributed by atoms with Crippen molar-refractivity contribution >= 4 is 29.3 Å². The normalized spacial score (nSPS) is 19.2. The minimum Gasteiger partial charge on any atom is -0.392 e. The van der Waals surface area contributed by atoms with E-state index in [-0.39, 0.29) is 37.6 Å². The van der Waals surface area contributed by atoms with Gasteiger partial charge < -0.3 is 24.5 Å². The molecule has 2 aromatic carbocycles. The van der Waals surface area contributed by atoms with Crippen LogP contribution in [0.1, 0.15) is 54.8 Å².